The second kappa shape index (κ2) is 12.3. The molecule has 0 bridgehead atoms. The minimum absolute atomic E-state index is 0.0265. The first-order valence-electron chi connectivity index (χ1n) is 8.06. The van der Waals surface area contributed by atoms with Crippen LogP contribution in [0.1, 0.15) is 49.0 Å². The number of rotatable bonds is 11. The lowest BCUT2D eigenvalue weighted by Crippen LogP contribution is -2.14. The number of benzene rings is 1. The van der Waals surface area contributed by atoms with Gasteiger partial charge in [-0.15, -0.1) is 0 Å². The SMILES string of the molecule is CCCCOCCOC(=O)OOOC(=O)c1ccc(CCC)cc1. The standard InChI is InChI=1S/C17H24O7/c1-3-5-11-20-12-13-21-17(19)23-24-22-16(18)15-9-7-14(6-4-2)8-10-15/h7-10H,3-6,11-13H2,1-2H3. The minimum Gasteiger partial charge on any atom is -0.430 e. The Morgan fingerprint density at radius 3 is 2.33 bits per heavy atom. The summed E-state index contributed by atoms with van der Waals surface area (Å²) in [4.78, 5) is 31.3. The van der Waals surface area contributed by atoms with Crippen molar-refractivity contribution in [1.82, 2.24) is 0 Å². The maximum Gasteiger partial charge on any atom is 0.543 e. The van der Waals surface area contributed by atoms with Gasteiger partial charge in [-0.1, -0.05) is 38.8 Å². The molecule has 7 heteroatoms. The number of carbonyl (C=O) groups is 2. The molecule has 0 aliphatic heterocycles. The van der Waals surface area contributed by atoms with Crippen molar-refractivity contribution in [3.8, 4) is 0 Å². The summed E-state index contributed by atoms with van der Waals surface area (Å²) in [6.07, 6.45) is 2.82. The predicted octanol–water partition coefficient (Wildman–Crippen LogP) is 3.61. The highest BCUT2D eigenvalue weighted by Gasteiger charge is 2.12. The van der Waals surface area contributed by atoms with Gasteiger partial charge in [0.15, 0.2) is 0 Å². The van der Waals surface area contributed by atoms with E-state index in [1.54, 1.807) is 12.1 Å². The first kappa shape index (κ1) is 19.9. The summed E-state index contributed by atoms with van der Waals surface area (Å²) >= 11 is 0. The van der Waals surface area contributed by atoms with Gasteiger partial charge in [0.1, 0.15) is 6.61 Å². The number of ether oxygens (including phenoxy) is 2. The Morgan fingerprint density at radius 2 is 1.67 bits per heavy atom. The van der Waals surface area contributed by atoms with Crippen molar-refractivity contribution in [3.63, 3.8) is 0 Å². The third-order valence-electron chi connectivity index (χ3n) is 3.03. The second-order valence-corrected chi connectivity index (χ2v) is 5.03. The van der Waals surface area contributed by atoms with Crippen LogP contribution in [0.4, 0.5) is 4.79 Å². The van der Waals surface area contributed by atoms with Gasteiger partial charge in [-0.25, -0.2) is 14.5 Å². The highest BCUT2D eigenvalue weighted by Crippen LogP contribution is 2.08. The molecule has 0 atom stereocenters. The molecule has 0 unspecified atom stereocenters. The fourth-order valence-electron chi connectivity index (χ4n) is 1.78. The van der Waals surface area contributed by atoms with Gasteiger partial charge in [-0.2, -0.15) is 0 Å². The van der Waals surface area contributed by atoms with E-state index in [0.29, 0.717) is 6.61 Å². The second-order valence-electron chi connectivity index (χ2n) is 5.03. The van der Waals surface area contributed by atoms with Crippen molar-refractivity contribution in [2.24, 2.45) is 0 Å². The molecule has 1 aromatic rings. The summed E-state index contributed by atoms with van der Waals surface area (Å²) in [7, 11) is 0. The molecule has 1 rings (SSSR count). The smallest absolute Gasteiger partial charge is 0.430 e. The fourth-order valence-corrected chi connectivity index (χ4v) is 1.78. The molecule has 0 amide bonds. The van der Waals surface area contributed by atoms with Gasteiger partial charge in [-0.05, 0) is 30.5 Å². The predicted molar refractivity (Wildman–Crippen MR) is 85.1 cm³/mol. The summed E-state index contributed by atoms with van der Waals surface area (Å²) in [6, 6.07) is 6.88. The normalized spacial score (nSPS) is 10.2. The van der Waals surface area contributed by atoms with E-state index in [9.17, 15) is 9.59 Å². The van der Waals surface area contributed by atoms with Gasteiger partial charge in [0.2, 0.25) is 0 Å². The van der Waals surface area contributed by atoms with Gasteiger partial charge in [0.05, 0.1) is 17.2 Å². The molecule has 0 radical (unpaired) electrons. The Hall–Kier alpha value is -2.12. The zero-order valence-electron chi connectivity index (χ0n) is 14.1. The van der Waals surface area contributed by atoms with E-state index in [2.05, 4.69) is 33.4 Å². The van der Waals surface area contributed by atoms with Crippen LogP contribution >= 0.6 is 0 Å². The molecule has 0 aliphatic carbocycles. The van der Waals surface area contributed by atoms with Crippen molar-refractivity contribution in [3.05, 3.63) is 35.4 Å². The first-order valence-corrected chi connectivity index (χ1v) is 8.06. The molecule has 7 nitrogen and oxygen atoms in total. The van der Waals surface area contributed by atoms with Crippen molar-refractivity contribution in [1.29, 1.82) is 0 Å². The molecule has 0 saturated heterocycles. The lowest BCUT2D eigenvalue weighted by Gasteiger charge is -2.05. The number of hydrogen-bond donors (Lipinski definition) is 0. The maximum absolute atomic E-state index is 11.7. The van der Waals surface area contributed by atoms with Crippen LogP contribution in [0.3, 0.4) is 0 Å². The van der Waals surface area contributed by atoms with Gasteiger partial charge in [-0.3, -0.25) is 4.89 Å². The van der Waals surface area contributed by atoms with E-state index in [1.807, 2.05) is 12.1 Å². The Balaban J connectivity index is 2.14. The zero-order valence-corrected chi connectivity index (χ0v) is 14.1. The van der Waals surface area contributed by atoms with Gasteiger partial charge in [0.25, 0.3) is 0 Å². The third kappa shape index (κ3) is 8.50. The molecule has 0 spiro atoms. The summed E-state index contributed by atoms with van der Waals surface area (Å²) in [5, 5.41) is 4.12. The number of aryl methyl sites for hydroxylation is 1. The van der Waals surface area contributed by atoms with E-state index in [0.717, 1.165) is 31.2 Å². The molecule has 0 N–H and O–H groups in total. The Labute approximate surface area is 141 Å². The topological polar surface area (TPSA) is 80.3 Å². The van der Waals surface area contributed by atoms with E-state index < -0.39 is 12.1 Å². The van der Waals surface area contributed by atoms with Crippen molar-refractivity contribution < 1.29 is 33.9 Å². The molecule has 134 valence electrons. The number of hydrogen-bond acceptors (Lipinski definition) is 7. The fraction of sp³-hybridized carbons (Fsp3) is 0.529. The monoisotopic (exact) mass is 340 g/mol. The highest BCUT2D eigenvalue weighted by atomic mass is 17.5. The Kier molecular flexibility index (Phi) is 10.2. The first-order chi connectivity index (χ1) is 11.7. The molecular formula is C17H24O7. The summed E-state index contributed by atoms with van der Waals surface area (Å²) in [6.45, 7) is 5.02. The molecule has 0 aliphatic rings. The van der Waals surface area contributed by atoms with Crippen LogP contribution in [0, 0.1) is 0 Å². The van der Waals surface area contributed by atoms with Crippen LogP contribution in [-0.4, -0.2) is 31.9 Å². The van der Waals surface area contributed by atoms with Crippen molar-refractivity contribution in [2.75, 3.05) is 19.8 Å². The number of carbonyl (C=O) groups excluding carboxylic acids is 2. The molecular weight excluding hydrogens is 316 g/mol. The molecule has 24 heavy (non-hydrogen) atoms. The highest BCUT2D eigenvalue weighted by molar-refractivity contribution is 5.88. The summed E-state index contributed by atoms with van der Waals surface area (Å²) in [5.74, 6) is -0.770. The van der Waals surface area contributed by atoms with E-state index in [1.165, 1.54) is 0 Å². The van der Waals surface area contributed by atoms with E-state index in [-0.39, 0.29) is 18.8 Å². The molecule has 1 aromatic carbocycles. The third-order valence-corrected chi connectivity index (χ3v) is 3.03. The summed E-state index contributed by atoms with van der Waals surface area (Å²) < 4.78 is 9.84. The van der Waals surface area contributed by atoms with Crippen molar-refractivity contribution >= 4 is 12.1 Å². The molecule has 0 heterocycles. The van der Waals surface area contributed by atoms with Crippen LogP contribution in [0.25, 0.3) is 0 Å². The van der Waals surface area contributed by atoms with E-state index in [4.69, 9.17) is 4.74 Å². The van der Waals surface area contributed by atoms with Gasteiger partial charge >= 0.3 is 12.1 Å². The largest absolute Gasteiger partial charge is 0.543 e. The van der Waals surface area contributed by atoms with Gasteiger partial charge in [0, 0.05) is 6.61 Å². The lowest BCUT2D eigenvalue weighted by molar-refractivity contribution is -0.452. The van der Waals surface area contributed by atoms with Gasteiger partial charge < -0.3 is 9.47 Å². The zero-order chi connectivity index (χ0) is 17.6. The molecule has 0 aromatic heterocycles. The summed E-state index contributed by atoms with van der Waals surface area (Å²) in [5.41, 5.74) is 1.41. The maximum atomic E-state index is 11.7. The quantitative estimate of drug-likeness (QED) is 0.263. The average Bonchev–Trinajstić information content (AvgIpc) is 2.59. The van der Waals surface area contributed by atoms with Crippen LogP contribution in [-0.2, 0) is 30.7 Å². The van der Waals surface area contributed by atoms with Crippen LogP contribution in [0.5, 0.6) is 0 Å². The van der Waals surface area contributed by atoms with E-state index >= 15 is 0 Å². The van der Waals surface area contributed by atoms with Crippen LogP contribution < -0.4 is 0 Å². The number of unbranched alkanes of at least 4 members (excludes halogenated alkanes) is 1. The molecule has 0 fully saturated rings. The minimum atomic E-state index is -1.11. The lowest BCUT2D eigenvalue weighted by atomic mass is 10.1. The average molecular weight is 340 g/mol. The Bertz CT molecular complexity index is 484. The van der Waals surface area contributed by atoms with Crippen LogP contribution in [0.2, 0.25) is 0 Å². The van der Waals surface area contributed by atoms with Crippen LogP contribution in [0.15, 0.2) is 24.3 Å². The van der Waals surface area contributed by atoms with Crippen molar-refractivity contribution in [2.45, 2.75) is 39.5 Å². The molecule has 0 saturated carbocycles. The Morgan fingerprint density at radius 1 is 0.917 bits per heavy atom.